The standard InChI is InChI=1S/C19H30N2O4/c1-20(11-17-3-2-8-24-17)12-18-4-6-19(25-18)14-21(7-10-23-15-19)16-5-9-22-13-16/h2-3,8,16,18H,4-7,9-15H2,1H3/t16-,18+,19-/m1/s1. The van der Waals surface area contributed by atoms with E-state index in [4.69, 9.17) is 18.6 Å². The summed E-state index contributed by atoms with van der Waals surface area (Å²) >= 11 is 0. The summed E-state index contributed by atoms with van der Waals surface area (Å²) in [5.74, 6) is 1.00. The number of hydrogen-bond donors (Lipinski definition) is 0. The number of hydrogen-bond acceptors (Lipinski definition) is 6. The first-order chi connectivity index (χ1) is 12.2. The van der Waals surface area contributed by atoms with Crippen molar-refractivity contribution in [2.75, 3.05) is 53.1 Å². The summed E-state index contributed by atoms with van der Waals surface area (Å²) in [6, 6.07) is 4.49. The highest BCUT2D eigenvalue weighted by Crippen LogP contribution is 2.34. The first-order valence-corrected chi connectivity index (χ1v) is 9.51. The molecular weight excluding hydrogens is 320 g/mol. The second-order valence-electron chi connectivity index (χ2n) is 7.78. The van der Waals surface area contributed by atoms with Crippen LogP contribution in [0.5, 0.6) is 0 Å². The maximum atomic E-state index is 6.57. The van der Waals surface area contributed by atoms with Gasteiger partial charge in [0.15, 0.2) is 0 Å². The van der Waals surface area contributed by atoms with Gasteiger partial charge in [-0.05, 0) is 38.4 Å². The maximum Gasteiger partial charge on any atom is 0.117 e. The minimum Gasteiger partial charge on any atom is -0.468 e. The molecule has 0 bridgehead atoms. The van der Waals surface area contributed by atoms with E-state index in [1.54, 1.807) is 6.26 Å². The summed E-state index contributed by atoms with van der Waals surface area (Å²) in [5, 5.41) is 0. The van der Waals surface area contributed by atoms with Crippen molar-refractivity contribution in [2.24, 2.45) is 0 Å². The average Bonchev–Trinajstić information content (AvgIpc) is 3.31. The van der Waals surface area contributed by atoms with Crippen LogP contribution in [0.25, 0.3) is 0 Å². The molecule has 3 aliphatic rings. The first-order valence-electron chi connectivity index (χ1n) is 9.51. The molecule has 0 saturated carbocycles. The van der Waals surface area contributed by atoms with E-state index in [9.17, 15) is 0 Å². The van der Waals surface area contributed by atoms with Gasteiger partial charge in [0.05, 0.1) is 38.7 Å². The molecule has 1 aromatic heterocycles. The fourth-order valence-corrected chi connectivity index (χ4v) is 4.38. The van der Waals surface area contributed by atoms with Crippen molar-refractivity contribution < 1.29 is 18.6 Å². The maximum absolute atomic E-state index is 6.57. The Morgan fingerprint density at radius 3 is 3.04 bits per heavy atom. The molecule has 25 heavy (non-hydrogen) atoms. The minimum atomic E-state index is -0.144. The van der Waals surface area contributed by atoms with Gasteiger partial charge in [0, 0.05) is 32.3 Å². The Labute approximate surface area is 150 Å². The monoisotopic (exact) mass is 350 g/mol. The zero-order chi connectivity index (χ0) is 17.1. The predicted molar refractivity (Wildman–Crippen MR) is 93.5 cm³/mol. The second kappa shape index (κ2) is 7.76. The van der Waals surface area contributed by atoms with Gasteiger partial charge in [0.25, 0.3) is 0 Å². The van der Waals surface area contributed by atoms with Crippen molar-refractivity contribution in [1.29, 1.82) is 0 Å². The molecule has 6 nitrogen and oxygen atoms in total. The number of furan rings is 1. The van der Waals surface area contributed by atoms with Crippen LogP contribution in [0.15, 0.2) is 22.8 Å². The Bertz CT molecular complexity index is 532. The van der Waals surface area contributed by atoms with Crippen LogP contribution in [0, 0.1) is 0 Å². The molecule has 1 spiro atoms. The van der Waals surface area contributed by atoms with Crippen LogP contribution in [0.2, 0.25) is 0 Å². The lowest BCUT2D eigenvalue weighted by molar-refractivity contribution is -0.0936. The van der Waals surface area contributed by atoms with Gasteiger partial charge in [-0.15, -0.1) is 0 Å². The van der Waals surface area contributed by atoms with Crippen LogP contribution < -0.4 is 0 Å². The van der Waals surface area contributed by atoms with Crippen LogP contribution in [-0.4, -0.2) is 80.7 Å². The highest BCUT2D eigenvalue weighted by Gasteiger charge is 2.44. The molecule has 3 saturated heterocycles. The van der Waals surface area contributed by atoms with Crippen LogP contribution in [0.3, 0.4) is 0 Å². The molecule has 3 atom stereocenters. The van der Waals surface area contributed by atoms with E-state index < -0.39 is 0 Å². The van der Waals surface area contributed by atoms with Gasteiger partial charge in [-0.25, -0.2) is 0 Å². The van der Waals surface area contributed by atoms with Crippen molar-refractivity contribution >= 4 is 0 Å². The summed E-state index contributed by atoms with van der Waals surface area (Å²) in [7, 11) is 2.13. The molecule has 0 aliphatic carbocycles. The topological polar surface area (TPSA) is 47.3 Å². The van der Waals surface area contributed by atoms with E-state index in [1.165, 1.54) is 0 Å². The summed E-state index contributed by atoms with van der Waals surface area (Å²) in [6.07, 6.45) is 5.31. The minimum absolute atomic E-state index is 0.144. The molecule has 0 amide bonds. The van der Waals surface area contributed by atoms with E-state index in [0.717, 1.165) is 77.6 Å². The van der Waals surface area contributed by atoms with Crippen molar-refractivity contribution in [3.63, 3.8) is 0 Å². The van der Waals surface area contributed by atoms with Crippen LogP contribution in [0.4, 0.5) is 0 Å². The molecule has 0 aromatic carbocycles. The molecule has 3 aliphatic heterocycles. The summed E-state index contributed by atoms with van der Waals surface area (Å²) < 4.78 is 23.5. The Kier molecular flexibility index (Phi) is 5.43. The summed E-state index contributed by atoms with van der Waals surface area (Å²) in [4.78, 5) is 4.82. The third kappa shape index (κ3) is 4.26. The highest BCUT2D eigenvalue weighted by atomic mass is 16.6. The number of rotatable bonds is 5. The number of ether oxygens (including phenoxy) is 3. The third-order valence-electron chi connectivity index (χ3n) is 5.66. The van der Waals surface area contributed by atoms with Crippen molar-refractivity contribution in [2.45, 2.75) is 43.6 Å². The van der Waals surface area contributed by atoms with Crippen LogP contribution in [0.1, 0.15) is 25.0 Å². The van der Waals surface area contributed by atoms with Gasteiger partial charge in [0.2, 0.25) is 0 Å². The van der Waals surface area contributed by atoms with Gasteiger partial charge in [-0.2, -0.15) is 0 Å². The van der Waals surface area contributed by atoms with Gasteiger partial charge in [-0.3, -0.25) is 9.80 Å². The number of nitrogens with zero attached hydrogens (tertiary/aromatic N) is 2. The van der Waals surface area contributed by atoms with Gasteiger partial charge in [-0.1, -0.05) is 0 Å². The van der Waals surface area contributed by atoms with E-state index >= 15 is 0 Å². The Hall–Kier alpha value is -0.920. The normalized spacial score (nSPS) is 34.2. The van der Waals surface area contributed by atoms with Crippen LogP contribution >= 0.6 is 0 Å². The van der Waals surface area contributed by atoms with E-state index in [0.29, 0.717) is 6.04 Å². The molecule has 6 heteroatoms. The SMILES string of the molecule is CN(Cc1ccco1)C[C@@H]1CC[C@@]2(COCCN([C@@H]3CCOC3)C2)O1. The fourth-order valence-electron chi connectivity index (χ4n) is 4.38. The second-order valence-corrected chi connectivity index (χ2v) is 7.78. The lowest BCUT2D eigenvalue weighted by atomic mass is 9.99. The largest absolute Gasteiger partial charge is 0.468 e. The van der Waals surface area contributed by atoms with Crippen molar-refractivity contribution in [1.82, 2.24) is 9.80 Å². The van der Waals surface area contributed by atoms with E-state index in [2.05, 4.69) is 16.8 Å². The Morgan fingerprint density at radius 1 is 1.28 bits per heavy atom. The van der Waals surface area contributed by atoms with Gasteiger partial charge in [0.1, 0.15) is 11.4 Å². The van der Waals surface area contributed by atoms with Crippen molar-refractivity contribution in [3.05, 3.63) is 24.2 Å². The molecule has 1 aromatic rings. The Balaban J connectivity index is 1.33. The third-order valence-corrected chi connectivity index (χ3v) is 5.66. The van der Waals surface area contributed by atoms with Gasteiger partial charge >= 0.3 is 0 Å². The first kappa shape index (κ1) is 17.5. The molecule has 4 rings (SSSR count). The molecular formula is C19H30N2O4. The van der Waals surface area contributed by atoms with Crippen LogP contribution in [-0.2, 0) is 20.8 Å². The smallest absolute Gasteiger partial charge is 0.117 e. The predicted octanol–water partition coefficient (Wildman–Crippen LogP) is 1.75. The molecule has 4 heterocycles. The average molecular weight is 350 g/mol. The van der Waals surface area contributed by atoms with Gasteiger partial charge < -0.3 is 18.6 Å². The highest BCUT2D eigenvalue weighted by molar-refractivity contribution is 4.99. The quantitative estimate of drug-likeness (QED) is 0.806. The molecule has 140 valence electrons. The lowest BCUT2D eigenvalue weighted by Gasteiger charge is -2.34. The zero-order valence-corrected chi connectivity index (χ0v) is 15.2. The summed E-state index contributed by atoms with van der Waals surface area (Å²) in [5.41, 5.74) is -0.144. The zero-order valence-electron chi connectivity index (χ0n) is 15.2. The molecule has 0 radical (unpaired) electrons. The number of likely N-dealkylation sites (N-methyl/N-ethyl adjacent to an activating group) is 1. The van der Waals surface area contributed by atoms with E-state index in [-0.39, 0.29) is 11.7 Å². The fraction of sp³-hybridized carbons (Fsp3) is 0.789. The molecule has 3 fully saturated rings. The van der Waals surface area contributed by atoms with E-state index in [1.807, 2.05) is 12.1 Å². The molecule has 0 unspecified atom stereocenters. The van der Waals surface area contributed by atoms with Crippen molar-refractivity contribution in [3.8, 4) is 0 Å². The Morgan fingerprint density at radius 2 is 2.24 bits per heavy atom. The lowest BCUT2D eigenvalue weighted by Crippen LogP contribution is -2.48. The molecule has 0 N–H and O–H groups in total. The summed E-state index contributed by atoms with van der Waals surface area (Å²) in [6.45, 7) is 6.96.